The Kier molecular flexibility index (Phi) is 8.85. The third-order valence-electron chi connectivity index (χ3n) is 7.75. The molecule has 4 rings (SSSR count). The first-order valence-corrected chi connectivity index (χ1v) is 13.4. The number of benzene rings is 2. The normalized spacial score (nSPS) is 19.4. The number of rotatable bonds is 6. The summed E-state index contributed by atoms with van der Waals surface area (Å²) < 4.78 is 128. The molecular formula is C28H28F9N3O3. The quantitative estimate of drug-likeness (QED) is 0.328. The van der Waals surface area contributed by atoms with Crippen LogP contribution in [0.2, 0.25) is 0 Å². The van der Waals surface area contributed by atoms with E-state index in [2.05, 4.69) is 0 Å². The fourth-order valence-electron chi connectivity index (χ4n) is 5.52. The van der Waals surface area contributed by atoms with Gasteiger partial charge in [-0.05, 0) is 79.1 Å². The molecule has 0 spiro atoms. The van der Waals surface area contributed by atoms with Crippen LogP contribution in [0.25, 0.3) is 0 Å². The van der Waals surface area contributed by atoms with E-state index in [0.717, 1.165) is 23.5 Å². The van der Waals surface area contributed by atoms with E-state index in [1.165, 1.54) is 4.90 Å². The number of halogens is 9. The predicted molar refractivity (Wildman–Crippen MR) is 136 cm³/mol. The van der Waals surface area contributed by atoms with Gasteiger partial charge in [0.05, 0.1) is 35.0 Å². The van der Waals surface area contributed by atoms with Crippen LogP contribution in [0.5, 0.6) is 0 Å². The summed E-state index contributed by atoms with van der Waals surface area (Å²) in [7, 11) is 0. The van der Waals surface area contributed by atoms with Crippen molar-refractivity contribution >= 4 is 17.8 Å². The second-order valence-electron chi connectivity index (χ2n) is 10.6. The van der Waals surface area contributed by atoms with Gasteiger partial charge in [-0.2, -0.15) is 39.5 Å². The standard InChI is InChI=1S/C28H28F9N3O3/c1-2-8-43-25(42)40-21-7-6-17(26(29,30)31)12-20(21)23(13-22(40)16-4-3-5-16)39(24(38)41)14-15-9-18(27(32,33)34)11-19(10-15)28(35,36)37/h6-7,9-12,16,22-23H,2-5,8,13-14H2,1H3,(H2,38,41)/t22-,23-/m0/s1. The summed E-state index contributed by atoms with van der Waals surface area (Å²) in [6.45, 7) is 0.895. The molecule has 0 aromatic heterocycles. The van der Waals surface area contributed by atoms with Gasteiger partial charge < -0.3 is 15.4 Å². The number of primary amides is 1. The fraction of sp³-hybridized carbons (Fsp3) is 0.500. The summed E-state index contributed by atoms with van der Waals surface area (Å²) in [5.74, 6) is -0.146. The fourth-order valence-corrected chi connectivity index (χ4v) is 5.52. The Hall–Kier alpha value is -3.65. The van der Waals surface area contributed by atoms with Gasteiger partial charge in [0.15, 0.2) is 0 Å². The van der Waals surface area contributed by atoms with Gasteiger partial charge in [0.2, 0.25) is 0 Å². The van der Waals surface area contributed by atoms with Crippen molar-refractivity contribution in [3.8, 4) is 0 Å². The zero-order valence-electron chi connectivity index (χ0n) is 22.7. The SMILES string of the molecule is CCCOC(=O)N1c2ccc(C(F)(F)F)cc2[C@@H](N(Cc2cc(C(F)(F)F)cc(C(F)(F)F)c2)C(N)=O)C[C@H]1C1CCC1. The topological polar surface area (TPSA) is 75.9 Å². The van der Waals surface area contributed by atoms with Gasteiger partial charge in [-0.1, -0.05) is 13.3 Å². The number of fused-ring (bicyclic) bond motifs is 1. The smallest absolute Gasteiger partial charge is 0.416 e. The number of nitrogens with zero attached hydrogens (tertiary/aromatic N) is 2. The number of nitrogens with two attached hydrogens (primary N) is 1. The molecule has 2 aromatic carbocycles. The Morgan fingerprint density at radius 1 is 0.907 bits per heavy atom. The molecule has 2 aliphatic rings. The monoisotopic (exact) mass is 625 g/mol. The first-order valence-electron chi connectivity index (χ1n) is 13.4. The second kappa shape index (κ2) is 11.8. The summed E-state index contributed by atoms with van der Waals surface area (Å²) in [5, 5.41) is 0. The highest BCUT2D eigenvalue weighted by molar-refractivity contribution is 5.91. The molecular weight excluding hydrogens is 597 g/mol. The van der Waals surface area contributed by atoms with Crippen molar-refractivity contribution in [3.05, 3.63) is 64.2 Å². The van der Waals surface area contributed by atoms with Crippen LogP contribution in [0.4, 0.5) is 54.8 Å². The van der Waals surface area contributed by atoms with Gasteiger partial charge in [0.25, 0.3) is 0 Å². The number of carbonyl (C=O) groups excluding carboxylic acids is 2. The maximum atomic E-state index is 13.8. The Labute approximate surface area is 240 Å². The first kappa shape index (κ1) is 32.3. The minimum atomic E-state index is -5.17. The van der Waals surface area contributed by atoms with E-state index in [-0.39, 0.29) is 36.3 Å². The zero-order valence-corrected chi connectivity index (χ0v) is 22.7. The van der Waals surface area contributed by atoms with Gasteiger partial charge >= 0.3 is 30.7 Å². The Bertz CT molecular complexity index is 1320. The molecule has 1 heterocycles. The maximum Gasteiger partial charge on any atom is 0.416 e. The van der Waals surface area contributed by atoms with Crippen LogP contribution in [0, 0.1) is 5.92 Å². The second-order valence-corrected chi connectivity index (χ2v) is 10.6. The van der Waals surface area contributed by atoms with Crippen LogP contribution < -0.4 is 10.6 Å². The maximum absolute atomic E-state index is 13.8. The van der Waals surface area contributed by atoms with Crippen molar-refractivity contribution in [3.63, 3.8) is 0 Å². The highest BCUT2D eigenvalue weighted by atomic mass is 19.4. The number of alkyl halides is 9. The van der Waals surface area contributed by atoms with Gasteiger partial charge in [0.1, 0.15) is 0 Å². The molecule has 2 atom stereocenters. The van der Waals surface area contributed by atoms with Gasteiger partial charge in [-0.3, -0.25) is 4.90 Å². The molecule has 6 nitrogen and oxygen atoms in total. The number of amides is 3. The molecule has 236 valence electrons. The van der Waals surface area contributed by atoms with Gasteiger partial charge in [-0.25, -0.2) is 9.59 Å². The summed E-state index contributed by atoms with van der Waals surface area (Å²) >= 11 is 0. The van der Waals surface area contributed by atoms with Crippen molar-refractivity contribution in [1.82, 2.24) is 4.90 Å². The Morgan fingerprint density at radius 2 is 1.49 bits per heavy atom. The lowest BCUT2D eigenvalue weighted by Crippen LogP contribution is -2.53. The van der Waals surface area contributed by atoms with E-state index < -0.39 is 71.5 Å². The lowest BCUT2D eigenvalue weighted by Gasteiger charge is -2.48. The summed E-state index contributed by atoms with van der Waals surface area (Å²) in [6.07, 6.45) is -13.6. The van der Waals surface area contributed by atoms with Crippen LogP contribution >= 0.6 is 0 Å². The number of ether oxygens (including phenoxy) is 1. The van der Waals surface area contributed by atoms with Gasteiger partial charge in [0, 0.05) is 12.6 Å². The first-order chi connectivity index (χ1) is 19.9. The predicted octanol–water partition coefficient (Wildman–Crippen LogP) is 8.29. The lowest BCUT2D eigenvalue weighted by molar-refractivity contribution is -0.143. The van der Waals surface area contributed by atoms with Crippen molar-refractivity contribution < 1.29 is 53.8 Å². The van der Waals surface area contributed by atoms with Crippen LogP contribution in [-0.2, 0) is 29.8 Å². The molecule has 0 unspecified atom stereocenters. The van der Waals surface area contributed by atoms with E-state index in [4.69, 9.17) is 10.5 Å². The van der Waals surface area contributed by atoms with E-state index in [1.807, 2.05) is 0 Å². The molecule has 1 aliphatic carbocycles. The van der Waals surface area contributed by atoms with E-state index in [0.29, 0.717) is 37.5 Å². The number of anilines is 1. The largest absolute Gasteiger partial charge is 0.449 e. The third-order valence-corrected chi connectivity index (χ3v) is 7.75. The molecule has 2 N–H and O–H groups in total. The summed E-state index contributed by atoms with van der Waals surface area (Å²) in [4.78, 5) is 27.9. The number of carbonyl (C=O) groups is 2. The minimum Gasteiger partial charge on any atom is -0.449 e. The molecule has 1 aliphatic heterocycles. The van der Waals surface area contributed by atoms with Gasteiger partial charge in [-0.15, -0.1) is 0 Å². The summed E-state index contributed by atoms with van der Waals surface area (Å²) in [6, 6.07) is -0.00626. The van der Waals surface area contributed by atoms with E-state index >= 15 is 0 Å². The molecule has 1 saturated carbocycles. The molecule has 0 radical (unpaired) electrons. The lowest BCUT2D eigenvalue weighted by atomic mass is 9.74. The van der Waals surface area contributed by atoms with Crippen molar-refractivity contribution in [2.45, 2.75) is 76.2 Å². The number of urea groups is 1. The molecule has 1 fully saturated rings. The number of hydrogen-bond acceptors (Lipinski definition) is 3. The highest BCUT2D eigenvalue weighted by Crippen LogP contribution is 2.48. The van der Waals surface area contributed by atoms with E-state index in [9.17, 15) is 49.1 Å². The molecule has 15 heteroatoms. The highest BCUT2D eigenvalue weighted by Gasteiger charge is 2.46. The van der Waals surface area contributed by atoms with Crippen molar-refractivity contribution in [2.24, 2.45) is 11.7 Å². The van der Waals surface area contributed by atoms with E-state index in [1.54, 1.807) is 6.92 Å². The summed E-state index contributed by atoms with van der Waals surface area (Å²) in [5.41, 5.74) is 0.408. The zero-order chi connectivity index (χ0) is 31.9. The van der Waals surface area contributed by atoms with Crippen LogP contribution in [-0.4, -0.2) is 29.7 Å². The molecule has 0 bridgehead atoms. The average molecular weight is 626 g/mol. The van der Waals surface area contributed by atoms with Crippen molar-refractivity contribution in [2.75, 3.05) is 11.5 Å². The number of hydrogen-bond donors (Lipinski definition) is 1. The van der Waals surface area contributed by atoms with Crippen LogP contribution in [0.15, 0.2) is 36.4 Å². The van der Waals surface area contributed by atoms with Crippen LogP contribution in [0.1, 0.15) is 72.9 Å². The Balaban J connectivity index is 1.86. The average Bonchev–Trinajstić information content (AvgIpc) is 2.86. The van der Waals surface area contributed by atoms with Crippen LogP contribution in [0.3, 0.4) is 0 Å². The Morgan fingerprint density at radius 3 is 1.95 bits per heavy atom. The molecule has 0 saturated heterocycles. The molecule has 43 heavy (non-hydrogen) atoms. The van der Waals surface area contributed by atoms with Crippen molar-refractivity contribution in [1.29, 1.82) is 0 Å². The third kappa shape index (κ3) is 6.96. The molecule has 3 amide bonds. The minimum absolute atomic E-state index is 0.0199. The molecule has 2 aromatic rings.